The molecule has 2 saturated carbocycles. The minimum atomic E-state index is -4.67. The molecule has 3 unspecified atom stereocenters. The van der Waals surface area contributed by atoms with Crippen LogP contribution in [-0.2, 0) is 11.2 Å². The molecule has 1 amide bonds. The van der Waals surface area contributed by atoms with E-state index >= 15 is 0 Å². The van der Waals surface area contributed by atoms with Crippen molar-refractivity contribution in [1.29, 1.82) is 0 Å². The second-order valence-corrected chi connectivity index (χ2v) is 10.2. The number of oxazole rings is 1. The van der Waals surface area contributed by atoms with Crippen molar-refractivity contribution >= 4 is 17.6 Å². The minimum absolute atomic E-state index is 0.155. The molecule has 0 radical (unpaired) electrons. The number of nitrogens with zero attached hydrogens (tertiary/aromatic N) is 2. The Balaban J connectivity index is 1.33. The molecule has 0 spiro atoms. The standard InChI is InChI=1S/C25H28F5N3O4/c1-3-24(35-2)11-33(12-24)23-32-20(19(37-23)10-25(28,29)30)22(34)31-15-8-16(26)21(17(27)9-15)36-18-7-13-4-5-14(18)6-13/h8-9,13-14,18H,3-7,10-12H2,1-2H3,(H,31,34). The fourth-order valence-electron chi connectivity index (χ4n) is 5.65. The molecule has 3 aliphatic rings. The summed E-state index contributed by atoms with van der Waals surface area (Å²) in [5.74, 6) is -3.52. The topological polar surface area (TPSA) is 76.8 Å². The van der Waals surface area contributed by atoms with Gasteiger partial charge in [0, 0.05) is 24.9 Å². The van der Waals surface area contributed by atoms with Crippen LogP contribution in [-0.4, -0.2) is 49.0 Å². The summed E-state index contributed by atoms with van der Waals surface area (Å²) in [7, 11) is 1.54. The highest BCUT2D eigenvalue weighted by atomic mass is 19.4. The average Bonchev–Trinajstić information content (AvgIpc) is 3.51. The van der Waals surface area contributed by atoms with E-state index in [0.29, 0.717) is 25.4 Å². The Bertz CT molecular complexity index is 1150. The summed E-state index contributed by atoms with van der Waals surface area (Å²) in [5.41, 5.74) is -1.36. The van der Waals surface area contributed by atoms with Crippen molar-refractivity contribution in [3.05, 3.63) is 35.2 Å². The number of methoxy groups -OCH3 is 1. The van der Waals surface area contributed by atoms with Gasteiger partial charge in [-0.2, -0.15) is 18.2 Å². The van der Waals surface area contributed by atoms with Crippen LogP contribution in [0, 0.1) is 23.5 Å². The third-order valence-corrected chi connectivity index (χ3v) is 7.77. The molecule has 1 aliphatic heterocycles. The molecule has 7 nitrogen and oxygen atoms in total. The van der Waals surface area contributed by atoms with Gasteiger partial charge in [-0.25, -0.2) is 8.78 Å². The SMILES string of the molecule is CCC1(OC)CN(c2nc(C(=O)Nc3cc(F)c(OC4CC5CCC4C5)c(F)c3)c(CC(F)(F)F)o2)C1. The first kappa shape index (κ1) is 25.7. The Morgan fingerprint density at radius 2 is 1.92 bits per heavy atom. The Kier molecular flexibility index (Phi) is 6.57. The number of nitrogens with one attached hydrogen (secondary N) is 1. The van der Waals surface area contributed by atoms with Crippen molar-refractivity contribution in [3.63, 3.8) is 0 Å². The van der Waals surface area contributed by atoms with Gasteiger partial charge < -0.3 is 24.1 Å². The Hall–Kier alpha value is -2.89. The van der Waals surface area contributed by atoms with Gasteiger partial charge in [-0.1, -0.05) is 6.92 Å². The van der Waals surface area contributed by atoms with Crippen LogP contribution in [0.1, 0.15) is 55.3 Å². The number of alkyl halides is 3. The normalized spacial score (nSPS) is 24.3. The lowest BCUT2D eigenvalue weighted by Gasteiger charge is -2.47. The maximum atomic E-state index is 14.7. The van der Waals surface area contributed by atoms with E-state index in [1.807, 2.05) is 6.92 Å². The van der Waals surface area contributed by atoms with Crippen LogP contribution in [0.2, 0.25) is 0 Å². The third-order valence-electron chi connectivity index (χ3n) is 7.77. The summed E-state index contributed by atoms with van der Waals surface area (Å²) in [6, 6.07) is 1.59. The minimum Gasteiger partial charge on any atom is -0.484 e. The second kappa shape index (κ2) is 9.45. The molecule has 1 aromatic carbocycles. The van der Waals surface area contributed by atoms with Crippen LogP contribution in [0.15, 0.2) is 16.5 Å². The number of anilines is 2. The monoisotopic (exact) mass is 529 g/mol. The van der Waals surface area contributed by atoms with Gasteiger partial charge in [-0.3, -0.25) is 4.79 Å². The van der Waals surface area contributed by atoms with Gasteiger partial charge in [-0.05, 0) is 43.9 Å². The number of hydrogen-bond donors (Lipinski definition) is 1. The van der Waals surface area contributed by atoms with Crippen molar-refractivity contribution in [2.75, 3.05) is 30.4 Å². The highest BCUT2D eigenvalue weighted by Gasteiger charge is 2.45. The van der Waals surface area contributed by atoms with Gasteiger partial charge in [0.2, 0.25) is 0 Å². The van der Waals surface area contributed by atoms with Crippen molar-refractivity contribution in [2.45, 2.75) is 63.3 Å². The third kappa shape index (κ3) is 5.12. The Morgan fingerprint density at radius 1 is 1.22 bits per heavy atom. The summed E-state index contributed by atoms with van der Waals surface area (Å²) in [5, 5.41) is 2.23. The summed E-state index contributed by atoms with van der Waals surface area (Å²) >= 11 is 0. The molecule has 2 heterocycles. The van der Waals surface area contributed by atoms with Crippen molar-refractivity contribution in [3.8, 4) is 5.75 Å². The smallest absolute Gasteiger partial charge is 0.396 e. The number of ether oxygens (including phenoxy) is 2. The van der Waals surface area contributed by atoms with Crippen LogP contribution in [0.5, 0.6) is 5.75 Å². The largest absolute Gasteiger partial charge is 0.484 e. The van der Waals surface area contributed by atoms with E-state index < -0.39 is 52.9 Å². The molecule has 202 valence electrons. The lowest BCUT2D eigenvalue weighted by Crippen LogP contribution is -2.62. The zero-order valence-corrected chi connectivity index (χ0v) is 20.5. The highest BCUT2D eigenvalue weighted by Crippen LogP contribution is 2.46. The predicted octanol–water partition coefficient (Wildman–Crippen LogP) is 5.49. The molecule has 1 N–H and O–H groups in total. The first-order chi connectivity index (χ1) is 17.5. The summed E-state index contributed by atoms with van der Waals surface area (Å²) in [6.45, 7) is 2.57. The van der Waals surface area contributed by atoms with Crippen LogP contribution in [0.4, 0.5) is 33.7 Å². The van der Waals surface area contributed by atoms with Crippen molar-refractivity contribution in [1.82, 2.24) is 4.98 Å². The highest BCUT2D eigenvalue weighted by molar-refractivity contribution is 6.03. The molecule has 3 fully saturated rings. The summed E-state index contributed by atoms with van der Waals surface area (Å²) in [4.78, 5) is 18.4. The molecule has 3 atom stereocenters. The number of amides is 1. The number of carbonyl (C=O) groups excluding carboxylic acids is 1. The number of halogens is 5. The number of rotatable bonds is 8. The van der Waals surface area contributed by atoms with Gasteiger partial charge in [0.1, 0.15) is 23.9 Å². The summed E-state index contributed by atoms with van der Waals surface area (Å²) < 4.78 is 85.4. The molecule has 2 bridgehead atoms. The number of benzene rings is 1. The fourth-order valence-corrected chi connectivity index (χ4v) is 5.65. The van der Waals surface area contributed by atoms with Gasteiger partial charge in [0.05, 0.1) is 13.1 Å². The van der Waals surface area contributed by atoms with E-state index in [4.69, 9.17) is 13.9 Å². The molecular weight excluding hydrogens is 501 g/mol. The van der Waals surface area contributed by atoms with E-state index in [0.717, 1.165) is 37.8 Å². The number of hydrogen-bond acceptors (Lipinski definition) is 6. The lowest BCUT2D eigenvalue weighted by molar-refractivity contribution is -0.130. The molecule has 37 heavy (non-hydrogen) atoms. The number of fused-ring (bicyclic) bond motifs is 2. The maximum Gasteiger partial charge on any atom is 0.396 e. The lowest BCUT2D eigenvalue weighted by atomic mass is 9.91. The van der Waals surface area contributed by atoms with Crippen LogP contribution >= 0.6 is 0 Å². The molecule has 5 rings (SSSR count). The fraction of sp³-hybridized carbons (Fsp3) is 0.600. The van der Waals surface area contributed by atoms with Crippen LogP contribution in [0.3, 0.4) is 0 Å². The zero-order chi connectivity index (χ0) is 26.5. The van der Waals surface area contributed by atoms with E-state index in [1.54, 1.807) is 4.90 Å². The first-order valence-electron chi connectivity index (χ1n) is 12.3. The second-order valence-electron chi connectivity index (χ2n) is 10.2. The Labute approximate surface area is 210 Å². The molecule has 12 heteroatoms. The zero-order valence-electron chi connectivity index (χ0n) is 20.5. The summed E-state index contributed by atoms with van der Waals surface area (Å²) in [6.07, 6.45) is -1.98. The van der Waals surface area contributed by atoms with E-state index in [2.05, 4.69) is 10.3 Å². The molecular formula is C25H28F5N3O4. The maximum absolute atomic E-state index is 14.7. The first-order valence-corrected chi connectivity index (χ1v) is 12.3. The molecule has 1 aromatic heterocycles. The van der Waals surface area contributed by atoms with Crippen molar-refractivity contribution in [2.24, 2.45) is 11.8 Å². The van der Waals surface area contributed by atoms with E-state index in [1.165, 1.54) is 7.11 Å². The van der Waals surface area contributed by atoms with E-state index in [-0.39, 0.29) is 23.7 Å². The number of carbonyl (C=O) groups is 1. The van der Waals surface area contributed by atoms with E-state index in [9.17, 15) is 26.7 Å². The van der Waals surface area contributed by atoms with Gasteiger partial charge in [0.15, 0.2) is 23.1 Å². The van der Waals surface area contributed by atoms with Crippen LogP contribution in [0.25, 0.3) is 0 Å². The van der Waals surface area contributed by atoms with Gasteiger partial charge in [0.25, 0.3) is 11.9 Å². The molecule has 2 aliphatic carbocycles. The Morgan fingerprint density at radius 3 is 2.46 bits per heavy atom. The van der Waals surface area contributed by atoms with Gasteiger partial charge in [-0.15, -0.1) is 0 Å². The van der Waals surface area contributed by atoms with Crippen molar-refractivity contribution < 1.29 is 40.6 Å². The van der Waals surface area contributed by atoms with Crippen LogP contribution < -0.4 is 15.0 Å². The molecule has 1 saturated heterocycles. The average molecular weight is 530 g/mol. The molecule has 2 aromatic rings. The predicted molar refractivity (Wildman–Crippen MR) is 123 cm³/mol. The van der Waals surface area contributed by atoms with Gasteiger partial charge >= 0.3 is 6.18 Å². The number of aromatic nitrogens is 1. The quantitative estimate of drug-likeness (QED) is 0.456.